The topological polar surface area (TPSA) is 35.5 Å². The van der Waals surface area contributed by atoms with Crippen molar-refractivity contribution in [2.75, 3.05) is 19.8 Å². The molecule has 0 aromatic rings. The molecule has 0 saturated heterocycles. The van der Waals surface area contributed by atoms with Crippen LogP contribution in [0.4, 0.5) is 0 Å². The van der Waals surface area contributed by atoms with Crippen LogP contribution in [0.25, 0.3) is 0 Å². The number of carbonyl (C=O) groups excluding carboxylic acids is 1. The predicted octanol–water partition coefficient (Wildman–Crippen LogP) is 6.05. The van der Waals surface area contributed by atoms with Crippen LogP contribution < -0.4 is 0 Å². The van der Waals surface area contributed by atoms with E-state index in [1.54, 1.807) is 0 Å². The molecular formula is C20H40O3. The van der Waals surface area contributed by atoms with Gasteiger partial charge >= 0.3 is 5.97 Å². The molecule has 0 aliphatic heterocycles. The summed E-state index contributed by atoms with van der Waals surface area (Å²) in [5, 5.41) is 0. The van der Waals surface area contributed by atoms with Crippen LogP contribution in [0.5, 0.6) is 0 Å². The molecule has 0 aliphatic carbocycles. The molecule has 138 valence electrons. The zero-order chi connectivity index (χ0) is 17.0. The Kier molecular flexibility index (Phi) is 19.0. The van der Waals surface area contributed by atoms with Crippen LogP contribution in [0.1, 0.15) is 104 Å². The van der Waals surface area contributed by atoms with E-state index in [0.717, 1.165) is 32.3 Å². The van der Waals surface area contributed by atoms with Crippen molar-refractivity contribution in [1.29, 1.82) is 0 Å². The Balaban J connectivity index is 3.11. The van der Waals surface area contributed by atoms with Crippen LogP contribution in [0.3, 0.4) is 0 Å². The molecule has 0 radical (unpaired) electrons. The molecule has 0 fully saturated rings. The summed E-state index contributed by atoms with van der Waals surface area (Å²) in [6, 6.07) is 0. The molecule has 0 unspecified atom stereocenters. The first-order chi connectivity index (χ1) is 11.3. The highest BCUT2D eigenvalue weighted by Crippen LogP contribution is 2.12. The number of carbonyl (C=O) groups is 1. The third kappa shape index (κ3) is 19.4. The molecule has 3 heteroatoms. The lowest BCUT2D eigenvalue weighted by Gasteiger charge is -2.06. The van der Waals surface area contributed by atoms with E-state index in [0.29, 0.717) is 19.6 Å². The Bertz CT molecular complexity index is 241. The average molecular weight is 329 g/mol. The van der Waals surface area contributed by atoms with Crippen molar-refractivity contribution >= 4 is 5.97 Å². The second-order valence-electron chi connectivity index (χ2n) is 6.47. The molecule has 0 atom stereocenters. The van der Waals surface area contributed by atoms with Gasteiger partial charge in [0.05, 0.1) is 6.61 Å². The molecule has 0 saturated carbocycles. The first-order valence-electron chi connectivity index (χ1n) is 10.0. The molecular weight excluding hydrogens is 288 g/mol. The van der Waals surface area contributed by atoms with Gasteiger partial charge in [-0.1, -0.05) is 84.5 Å². The molecule has 0 N–H and O–H groups in total. The maximum atomic E-state index is 11.5. The van der Waals surface area contributed by atoms with Gasteiger partial charge in [0.25, 0.3) is 0 Å². The quantitative estimate of drug-likeness (QED) is 0.227. The van der Waals surface area contributed by atoms with E-state index in [4.69, 9.17) is 9.47 Å². The first kappa shape index (κ1) is 22.4. The number of unbranched alkanes of at least 4 members (excludes halogenated alkanes) is 11. The summed E-state index contributed by atoms with van der Waals surface area (Å²) in [7, 11) is 0. The third-order valence-electron chi connectivity index (χ3n) is 4.12. The molecule has 0 aromatic carbocycles. The second kappa shape index (κ2) is 19.5. The number of hydrogen-bond acceptors (Lipinski definition) is 3. The van der Waals surface area contributed by atoms with Gasteiger partial charge in [-0.15, -0.1) is 0 Å². The highest BCUT2D eigenvalue weighted by atomic mass is 16.6. The fourth-order valence-electron chi connectivity index (χ4n) is 2.57. The highest BCUT2D eigenvalue weighted by molar-refractivity contribution is 5.69. The predicted molar refractivity (Wildman–Crippen MR) is 97.8 cm³/mol. The number of hydrogen-bond donors (Lipinski definition) is 0. The number of esters is 1. The zero-order valence-corrected chi connectivity index (χ0v) is 15.7. The van der Waals surface area contributed by atoms with Crippen LogP contribution in [0.15, 0.2) is 0 Å². The minimum Gasteiger partial charge on any atom is -0.463 e. The lowest BCUT2D eigenvalue weighted by Crippen LogP contribution is -2.10. The SMILES string of the molecule is CCCCCCCCCCCCCC(=O)OCCOCCCC. The number of ether oxygens (including phenoxy) is 2. The van der Waals surface area contributed by atoms with E-state index >= 15 is 0 Å². The van der Waals surface area contributed by atoms with Gasteiger partial charge in [0.2, 0.25) is 0 Å². The summed E-state index contributed by atoms with van der Waals surface area (Å²) < 4.78 is 10.5. The summed E-state index contributed by atoms with van der Waals surface area (Å²) >= 11 is 0. The first-order valence-corrected chi connectivity index (χ1v) is 10.0. The van der Waals surface area contributed by atoms with Crippen LogP contribution in [0.2, 0.25) is 0 Å². The molecule has 0 amide bonds. The van der Waals surface area contributed by atoms with E-state index in [1.165, 1.54) is 57.8 Å². The molecule has 23 heavy (non-hydrogen) atoms. The Morgan fingerprint density at radius 1 is 0.609 bits per heavy atom. The van der Waals surface area contributed by atoms with Crippen LogP contribution in [0, 0.1) is 0 Å². The van der Waals surface area contributed by atoms with Gasteiger partial charge in [-0.25, -0.2) is 0 Å². The van der Waals surface area contributed by atoms with Crippen LogP contribution in [-0.2, 0) is 14.3 Å². The Morgan fingerprint density at radius 3 is 1.70 bits per heavy atom. The van der Waals surface area contributed by atoms with Gasteiger partial charge in [-0.3, -0.25) is 4.79 Å². The monoisotopic (exact) mass is 328 g/mol. The summed E-state index contributed by atoms with van der Waals surface area (Å²) in [6.07, 6.45) is 17.1. The fourth-order valence-corrected chi connectivity index (χ4v) is 2.57. The average Bonchev–Trinajstić information content (AvgIpc) is 2.56. The maximum absolute atomic E-state index is 11.5. The van der Waals surface area contributed by atoms with Gasteiger partial charge in [-0.05, 0) is 12.8 Å². The van der Waals surface area contributed by atoms with Crippen molar-refractivity contribution in [3.63, 3.8) is 0 Å². The molecule has 0 rings (SSSR count). The summed E-state index contributed by atoms with van der Waals surface area (Å²) in [6.45, 7) is 6.10. The van der Waals surface area contributed by atoms with Crippen molar-refractivity contribution in [2.24, 2.45) is 0 Å². The largest absolute Gasteiger partial charge is 0.463 e. The van der Waals surface area contributed by atoms with Gasteiger partial charge in [0, 0.05) is 13.0 Å². The third-order valence-corrected chi connectivity index (χ3v) is 4.12. The lowest BCUT2D eigenvalue weighted by atomic mass is 10.1. The van der Waals surface area contributed by atoms with Gasteiger partial charge in [-0.2, -0.15) is 0 Å². The van der Waals surface area contributed by atoms with Crippen molar-refractivity contribution in [3.8, 4) is 0 Å². The zero-order valence-electron chi connectivity index (χ0n) is 15.7. The van der Waals surface area contributed by atoms with Crippen molar-refractivity contribution in [3.05, 3.63) is 0 Å². The second-order valence-corrected chi connectivity index (χ2v) is 6.47. The molecule has 0 aliphatic rings. The van der Waals surface area contributed by atoms with E-state index in [-0.39, 0.29) is 5.97 Å². The minimum absolute atomic E-state index is 0.0694. The summed E-state index contributed by atoms with van der Waals surface area (Å²) in [5.74, 6) is -0.0694. The van der Waals surface area contributed by atoms with Gasteiger partial charge in [0.15, 0.2) is 0 Å². The number of rotatable bonds is 18. The van der Waals surface area contributed by atoms with Crippen LogP contribution in [-0.4, -0.2) is 25.8 Å². The van der Waals surface area contributed by atoms with E-state index in [2.05, 4.69) is 13.8 Å². The fraction of sp³-hybridized carbons (Fsp3) is 0.950. The van der Waals surface area contributed by atoms with Crippen molar-refractivity contribution < 1.29 is 14.3 Å². The van der Waals surface area contributed by atoms with Crippen LogP contribution >= 0.6 is 0 Å². The molecule has 0 heterocycles. The lowest BCUT2D eigenvalue weighted by molar-refractivity contribution is -0.145. The maximum Gasteiger partial charge on any atom is 0.305 e. The summed E-state index contributed by atoms with van der Waals surface area (Å²) in [4.78, 5) is 11.5. The van der Waals surface area contributed by atoms with Crippen molar-refractivity contribution in [2.45, 2.75) is 104 Å². The summed E-state index contributed by atoms with van der Waals surface area (Å²) in [5.41, 5.74) is 0. The standard InChI is InChI=1S/C20H40O3/c1-3-5-7-8-9-10-11-12-13-14-15-16-20(21)23-19-18-22-17-6-4-2/h3-19H2,1-2H3. The Hall–Kier alpha value is -0.570. The van der Waals surface area contributed by atoms with Gasteiger partial charge in [0.1, 0.15) is 6.61 Å². The molecule has 0 bridgehead atoms. The molecule has 3 nitrogen and oxygen atoms in total. The van der Waals surface area contributed by atoms with Gasteiger partial charge < -0.3 is 9.47 Å². The minimum atomic E-state index is -0.0694. The Labute approximate surface area is 144 Å². The molecule has 0 spiro atoms. The van der Waals surface area contributed by atoms with E-state index in [9.17, 15) is 4.79 Å². The van der Waals surface area contributed by atoms with Crippen molar-refractivity contribution in [1.82, 2.24) is 0 Å². The Morgan fingerprint density at radius 2 is 1.13 bits per heavy atom. The normalized spacial score (nSPS) is 10.9. The molecule has 0 aromatic heterocycles. The van der Waals surface area contributed by atoms with E-state index < -0.39 is 0 Å². The van der Waals surface area contributed by atoms with E-state index in [1.807, 2.05) is 0 Å². The smallest absolute Gasteiger partial charge is 0.305 e. The highest BCUT2D eigenvalue weighted by Gasteiger charge is 2.02.